The monoisotopic (exact) mass is 272 g/mol. The van der Waals surface area contributed by atoms with Crippen LogP contribution in [-0.2, 0) is 19.1 Å². The fraction of sp³-hybridized carbons (Fsp3) is 0.867. The molecule has 0 radical (unpaired) electrons. The van der Waals surface area contributed by atoms with Crippen LogP contribution in [0.2, 0.25) is 0 Å². The van der Waals surface area contributed by atoms with Crippen molar-refractivity contribution in [3.8, 4) is 0 Å². The number of carbonyl (C=O) groups excluding carboxylic acids is 2. The summed E-state index contributed by atoms with van der Waals surface area (Å²) < 4.78 is 10.1. The molecular weight excluding hydrogens is 244 g/mol. The quantitative estimate of drug-likeness (QED) is 0.527. The third-order valence-electron chi connectivity index (χ3n) is 3.00. The first-order valence-electron chi connectivity index (χ1n) is 7.03. The van der Waals surface area contributed by atoms with Gasteiger partial charge in [0.1, 0.15) is 5.60 Å². The zero-order valence-electron chi connectivity index (χ0n) is 13.1. The molecule has 2 unspecified atom stereocenters. The lowest BCUT2D eigenvalue weighted by atomic mass is 9.88. The van der Waals surface area contributed by atoms with Gasteiger partial charge in [0.25, 0.3) is 0 Å². The van der Waals surface area contributed by atoms with E-state index < -0.39 is 17.4 Å². The zero-order valence-corrected chi connectivity index (χ0v) is 13.1. The van der Waals surface area contributed by atoms with Crippen molar-refractivity contribution >= 4 is 11.9 Å². The Balaban J connectivity index is 4.74. The van der Waals surface area contributed by atoms with Crippen LogP contribution in [0.3, 0.4) is 0 Å². The smallest absolute Gasteiger partial charge is 0.310 e. The number of esters is 2. The second kappa shape index (κ2) is 8.18. The van der Waals surface area contributed by atoms with Crippen molar-refractivity contribution in [2.75, 3.05) is 7.11 Å². The van der Waals surface area contributed by atoms with Crippen molar-refractivity contribution in [3.63, 3.8) is 0 Å². The largest absolute Gasteiger partial charge is 0.469 e. The van der Waals surface area contributed by atoms with E-state index in [4.69, 9.17) is 9.47 Å². The topological polar surface area (TPSA) is 52.6 Å². The summed E-state index contributed by atoms with van der Waals surface area (Å²) in [6.07, 6.45) is 3.71. The van der Waals surface area contributed by atoms with Gasteiger partial charge in [0.05, 0.1) is 18.9 Å². The van der Waals surface area contributed by atoms with Crippen molar-refractivity contribution < 1.29 is 19.1 Å². The fourth-order valence-corrected chi connectivity index (χ4v) is 1.91. The normalized spacial score (nSPS) is 14.6. The van der Waals surface area contributed by atoms with Gasteiger partial charge in [0, 0.05) is 0 Å². The molecule has 0 saturated carbocycles. The predicted molar refractivity (Wildman–Crippen MR) is 74.7 cm³/mol. The van der Waals surface area contributed by atoms with Crippen molar-refractivity contribution in [2.24, 2.45) is 11.8 Å². The summed E-state index contributed by atoms with van der Waals surface area (Å²) in [5.74, 6) is -1.54. The first-order chi connectivity index (χ1) is 8.72. The molecule has 0 aliphatic heterocycles. The van der Waals surface area contributed by atoms with Crippen molar-refractivity contribution in [1.82, 2.24) is 0 Å². The Labute approximate surface area is 116 Å². The van der Waals surface area contributed by atoms with Crippen LogP contribution in [0.1, 0.15) is 60.3 Å². The highest BCUT2D eigenvalue weighted by molar-refractivity contribution is 5.81. The van der Waals surface area contributed by atoms with Crippen LogP contribution in [0.5, 0.6) is 0 Å². The van der Waals surface area contributed by atoms with E-state index in [0.29, 0.717) is 6.42 Å². The SMILES string of the molecule is CCCCCC(C(=O)OC(C)(C)C)C(C)C(=O)OC. The molecule has 0 aliphatic rings. The summed E-state index contributed by atoms with van der Waals surface area (Å²) in [7, 11) is 1.34. The van der Waals surface area contributed by atoms with Gasteiger partial charge in [-0.3, -0.25) is 9.59 Å². The molecule has 0 aliphatic carbocycles. The van der Waals surface area contributed by atoms with Crippen LogP contribution in [0.15, 0.2) is 0 Å². The minimum absolute atomic E-state index is 0.304. The van der Waals surface area contributed by atoms with Gasteiger partial charge in [-0.2, -0.15) is 0 Å². The number of rotatable bonds is 7. The minimum Gasteiger partial charge on any atom is -0.469 e. The van der Waals surface area contributed by atoms with E-state index >= 15 is 0 Å². The summed E-state index contributed by atoms with van der Waals surface area (Å²) in [6, 6.07) is 0. The summed E-state index contributed by atoms with van der Waals surface area (Å²) in [6.45, 7) is 9.32. The lowest BCUT2D eigenvalue weighted by molar-refractivity contribution is -0.167. The van der Waals surface area contributed by atoms with E-state index in [0.717, 1.165) is 19.3 Å². The molecule has 0 heterocycles. The Hall–Kier alpha value is -1.06. The predicted octanol–water partition coefficient (Wildman–Crippen LogP) is 3.33. The number of methoxy groups -OCH3 is 1. The molecule has 19 heavy (non-hydrogen) atoms. The van der Waals surface area contributed by atoms with Gasteiger partial charge in [-0.25, -0.2) is 0 Å². The van der Waals surface area contributed by atoms with E-state index in [-0.39, 0.29) is 11.9 Å². The first-order valence-corrected chi connectivity index (χ1v) is 7.03. The summed E-state index contributed by atoms with van der Waals surface area (Å²) in [5, 5.41) is 0. The molecule has 2 atom stereocenters. The highest BCUT2D eigenvalue weighted by Gasteiger charge is 2.33. The van der Waals surface area contributed by atoms with Crippen LogP contribution in [-0.4, -0.2) is 24.6 Å². The zero-order chi connectivity index (χ0) is 15.1. The molecule has 0 saturated heterocycles. The molecule has 4 nitrogen and oxygen atoms in total. The maximum absolute atomic E-state index is 12.2. The van der Waals surface area contributed by atoms with Gasteiger partial charge in [-0.1, -0.05) is 33.1 Å². The molecule has 0 fully saturated rings. The average Bonchev–Trinajstić information content (AvgIpc) is 2.30. The molecule has 0 aromatic rings. The lowest BCUT2D eigenvalue weighted by Crippen LogP contribution is -2.34. The van der Waals surface area contributed by atoms with Crippen LogP contribution in [0.4, 0.5) is 0 Å². The maximum Gasteiger partial charge on any atom is 0.310 e. The number of hydrogen-bond donors (Lipinski definition) is 0. The van der Waals surface area contributed by atoms with Gasteiger partial charge < -0.3 is 9.47 Å². The Morgan fingerprint density at radius 3 is 2.11 bits per heavy atom. The second-order valence-electron chi connectivity index (χ2n) is 5.95. The van der Waals surface area contributed by atoms with Crippen LogP contribution in [0, 0.1) is 11.8 Å². The Kier molecular flexibility index (Phi) is 7.72. The number of unbranched alkanes of at least 4 members (excludes halogenated alkanes) is 2. The molecule has 0 bridgehead atoms. The van der Waals surface area contributed by atoms with Crippen LogP contribution < -0.4 is 0 Å². The van der Waals surface area contributed by atoms with Crippen molar-refractivity contribution in [2.45, 2.75) is 65.9 Å². The van der Waals surface area contributed by atoms with Gasteiger partial charge in [0.2, 0.25) is 0 Å². The summed E-state index contributed by atoms with van der Waals surface area (Å²) in [5.41, 5.74) is -0.532. The minimum atomic E-state index is -0.532. The summed E-state index contributed by atoms with van der Waals surface area (Å²) in [4.78, 5) is 23.8. The Bertz CT molecular complexity index is 291. The van der Waals surface area contributed by atoms with Crippen molar-refractivity contribution in [3.05, 3.63) is 0 Å². The molecule has 0 aromatic carbocycles. The highest BCUT2D eigenvalue weighted by atomic mass is 16.6. The number of carbonyl (C=O) groups is 2. The molecule has 0 spiro atoms. The molecule has 0 N–H and O–H groups in total. The van der Waals surface area contributed by atoms with E-state index in [2.05, 4.69) is 6.92 Å². The maximum atomic E-state index is 12.2. The standard InChI is InChI=1S/C15H28O4/c1-7-8-9-10-12(11(2)13(16)18-6)14(17)19-15(3,4)5/h11-12H,7-10H2,1-6H3. The first kappa shape index (κ1) is 17.9. The molecule has 0 rings (SSSR count). The fourth-order valence-electron chi connectivity index (χ4n) is 1.91. The highest BCUT2D eigenvalue weighted by Crippen LogP contribution is 2.24. The van der Waals surface area contributed by atoms with Crippen LogP contribution >= 0.6 is 0 Å². The summed E-state index contributed by atoms with van der Waals surface area (Å²) >= 11 is 0. The Morgan fingerprint density at radius 1 is 1.11 bits per heavy atom. The molecule has 112 valence electrons. The lowest BCUT2D eigenvalue weighted by Gasteiger charge is -2.26. The molecular formula is C15H28O4. The molecule has 0 aromatic heterocycles. The van der Waals surface area contributed by atoms with E-state index in [1.165, 1.54) is 7.11 Å². The number of ether oxygens (including phenoxy) is 2. The second-order valence-corrected chi connectivity index (χ2v) is 5.95. The van der Waals surface area contributed by atoms with E-state index in [9.17, 15) is 9.59 Å². The molecule has 4 heteroatoms. The van der Waals surface area contributed by atoms with Gasteiger partial charge in [-0.05, 0) is 27.2 Å². The van der Waals surface area contributed by atoms with E-state index in [1.807, 2.05) is 20.8 Å². The average molecular weight is 272 g/mol. The van der Waals surface area contributed by atoms with E-state index in [1.54, 1.807) is 6.92 Å². The van der Waals surface area contributed by atoms with Crippen LogP contribution in [0.25, 0.3) is 0 Å². The van der Waals surface area contributed by atoms with Gasteiger partial charge in [-0.15, -0.1) is 0 Å². The number of hydrogen-bond acceptors (Lipinski definition) is 4. The molecule has 0 amide bonds. The third-order valence-corrected chi connectivity index (χ3v) is 3.00. The van der Waals surface area contributed by atoms with Crippen molar-refractivity contribution in [1.29, 1.82) is 0 Å². The third kappa shape index (κ3) is 7.19. The Morgan fingerprint density at radius 2 is 1.68 bits per heavy atom. The van der Waals surface area contributed by atoms with Gasteiger partial charge in [0.15, 0.2) is 0 Å². The van der Waals surface area contributed by atoms with Gasteiger partial charge >= 0.3 is 11.9 Å².